The molecule has 0 saturated carbocycles. The zero-order valence-corrected chi connectivity index (χ0v) is 7.71. The van der Waals surface area contributed by atoms with Crippen molar-refractivity contribution in [1.29, 1.82) is 0 Å². The second-order valence-electron chi connectivity index (χ2n) is 3.15. The summed E-state index contributed by atoms with van der Waals surface area (Å²) in [5.41, 5.74) is 5.14. The largest absolute Gasteiger partial charge is 0.368 e. The van der Waals surface area contributed by atoms with Crippen LogP contribution in [0.25, 0.3) is 0 Å². The summed E-state index contributed by atoms with van der Waals surface area (Å²) in [6.07, 6.45) is 4.22. The lowest BCUT2D eigenvalue weighted by Gasteiger charge is -2.17. The van der Waals surface area contributed by atoms with Gasteiger partial charge in [0.05, 0.1) is 5.25 Å². The fourth-order valence-electron chi connectivity index (χ4n) is 1.59. The van der Waals surface area contributed by atoms with E-state index in [9.17, 15) is 9.59 Å². The van der Waals surface area contributed by atoms with Crippen LogP contribution in [0.5, 0.6) is 0 Å². The Morgan fingerprint density at radius 3 is 3.08 bits per heavy atom. The van der Waals surface area contributed by atoms with Gasteiger partial charge in [0, 0.05) is 6.04 Å². The monoisotopic (exact) mass is 198 g/mol. The zero-order valence-electron chi connectivity index (χ0n) is 6.90. The maximum Gasteiger partial charge on any atom is 0.244 e. The maximum absolute atomic E-state index is 11.3. The Labute approximate surface area is 79.9 Å². The highest BCUT2D eigenvalue weighted by Crippen LogP contribution is 2.32. The van der Waals surface area contributed by atoms with Crippen LogP contribution in [-0.4, -0.2) is 28.4 Å². The number of amides is 1. The number of fused-ring (bicyclic) bond motifs is 1. The van der Waals surface area contributed by atoms with Crippen molar-refractivity contribution in [1.82, 2.24) is 5.32 Å². The average molecular weight is 198 g/mol. The lowest BCUT2D eigenvalue weighted by Crippen LogP contribution is -2.41. The molecule has 0 bridgehead atoms. The average Bonchev–Trinajstić information content (AvgIpc) is 2.49. The van der Waals surface area contributed by atoms with Gasteiger partial charge >= 0.3 is 0 Å². The van der Waals surface area contributed by atoms with Gasteiger partial charge in [0.1, 0.15) is 5.37 Å². The molecule has 1 fully saturated rings. The van der Waals surface area contributed by atoms with Gasteiger partial charge in [-0.2, -0.15) is 0 Å². The van der Waals surface area contributed by atoms with Gasteiger partial charge in [-0.25, -0.2) is 0 Å². The number of allylic oxidation sites excluding steroid dienone is 1. The fourth-order valence-corrected chi connectivity index (χ4v) is 2.87. The number of thioether (sulfide) groups is 1. The van der Waals surface area contributed by atoms with Crippen molar-refractivity contribution in [3.63, 3.8) is 0 Å². The van der Waals surface area contributed by atoms with Crippen molar-refractivity contribution in [2.24, 2.45) is 5.73 Å². The van der Waals surface area contributed by atoms with E-state index in [1.807, 2.05) is 6.08 Å². The molecule has 0 radical (unpaired) electrons. The molecule has 1 aliphatic heterocycles. The van der Waals surface area contributed by atoms with Crippen molar-refractivity contribution >= 4 is 23.5 Å². The quantitative estimate of drug-likeness (QED) is 0.590. The standard InChI is InChI=1S/C8H10N2O2S/c9-7(12)8-10-4-2-1-3-5(11)6(4)13-8/h1,3-4,6,8,10H,2H2,(H2,9,12). The molecule has 2 aliphatic rings. The van der Waals surface area contributed by atoms with Gasteiger partial charge in [-0.3, -0.25) is 14.9 Å². The third-order valence-corrected chi connectivity index (χ3v) is 3.72. The highest BCUT2D eigenvalue weighted by molar-refractivity contribution is 8.02. The van der Waals surface area contributed by atoms with Crippen LogP contribution in [-0.2, 0) is 9.59 Å². The third-order valence-electron chi connectivity index (χ3n) is 2.22. The highest BCUT2D eigenvalue weighted by Gasteiger charge is 2.40. The molecule has 0 aromatic heterocycles. The predicted molar refractivity (Wildman–Crippen MR) is 50.0 cm³/mol. The van der Waals surface area contributed by atoms with Crippen molar-refractivity contribution in [3.05, 3.63) is 12.2 Å². The predicted octanol–water partition coefficient (Wildman–Crippen LogP) is -0.600. The Kier molecular flexibility index (Phi) is 2.13. The van der Waals surface area contributed by atoms with Gasteiger partial charge in [-0.15, -0.1) is 11.8 Å². The zero-order chi connectivity index (χ0) is 9.42. The number of hydrogen-bond acceptors (Lipinski definition) is 4. The van der Waals surface area contributed by atoms with E-state index < -0.39 is 11.3 Å². The van der Waals surface area contributed by atoms with Gasteiger partial charge in [0.2, 0.25) is 5.91 Å². The van der Waals surface area contributed by atoms with E-state index in [2.05, 4.69) is 5.32 Å². The second-order valence-corrected chi connectivity index (χ2v) is 4.40. The van der Waals surface area contributed by atoms with Gasteiger partial charge in [0.25, 0.3) is 0 Å². The summed E-state index contributed by atoms with van der Waals surface area (Å²) in [5, 5.41) is 2.51. The van der Waals surface area contributed by atoms with Crippen LogP contribution in [0.3, 0.4) is 0 Å². The molecule has 5 heteroatoms. The second kappa shape index (κ2) is 3.16. The minimum absolute atomic E-state index is 0.0810. The van der Waals surface area contributed by atoms with Crippen LogP contribution in [0.4, 0.5) is 0 Å². The molecule has 0 aromatic carbocycles. The van der Waals surface area contributed by atoms with Crippen LogP contribution in [0, 0.1) is 0 Å². The van der Waals surface area contributed by atoms with Crippen LogP contribution in [0.15, 0.2) is 12.2 Å². The molecule has 3 atom stereocenters. The molecule has 70 valence electrons. The van der Waals surface area contributed by atoms with E-state index in [0.717, 1.165) is 6.42 Å². The van der Waals surface area contributed by atoms with Crippen molar-refractivity contribution in [2.75, 3.05) is 0 Å². The Hall–Kier alpha value is -0.810. The fraction of sp³-hybridized carbons (Fsp3) is 0.500. The first-order valence-corrected chi connectivity index (χ1v) is 5.04. The Bertz CT molecular complexity index is 290. The number of carbonyl (C=O) groups is 2. The van der Waals surface area contributed by atoms with Gasteiger partial charge in [0.15, 0.2) is 5.78 Å². The number of ketones is 1. The molecular weight excluding hydrogens is 188 g/mol. The lowest BCUT2D eigenvalue weighted by atomic mass is 10.0. The first kappa shape index (κ1) is 8.77. The van der Waals surface area contributed by atoms with Crippen LogP contribution >= 0.6 is 11.8 Å². The summed E-state index contributed by atoms with van der Waals surface area (Å²) in [6, 6.07) is 0.0833. The molecule has 1 heterocycles. The number of nitrogens with one attached hydrogen (secondary N) is 1. The summed E-state index contributed by atoms with van der Waals surface area (Å²) in [5.74, 6) is -0.315. The summed E-state index contributed by atoms with van der Waals surface area (Å²) >= 11 is 1.32. The van der Waals surface area contributed by atoms with Gasteiger partial charge in [-0.05, 0) is 12.5 Å². The van der Waals surface area contributed by atoms with E-state index in [4.69, 9.17) is 5.73 Å². The number of rotatable bonds is 1. The summed E-state index contributed by atoms with van der Waals surface area (Å²) in [7, 11) is 0. The minimum atomic E-state index is -0.404. The van der Waals surface area contributed by atoms with E-state index >= 15 is 0 Å². The number of primary amides is 1. The van der Waals surface area contributed by atoms with Crippen molar-refractivity contribution < 1.29 is 9.59 Å². The molecule has 1 amide bonds. The molecule has 3 N–H and O–H groups in total. The minimum Gasteiger partial charge on any atom is -0.368 e. The number of hydrogen-bond donors (Lipinski definition) is 2. The van der Waals surface area contributed by atoms with Gasteiger partial charge in [-0.1, -0.05) is 6.08 Å². The molecule has 3 unspecified atom stereocenters. The molecule has 0 spiro atoms. The Morgan fingerprint density at radius 1 is 1.69 bits per heavy atom. The smallest absolute Gasteiger partial charge is 0.244 e. The first-order chi connectivity index (χ1) is 6.18. The normalized spacial score (nSPS) is 37.5. The SMILES string of the molecule is NC(=O)C1NC2CC=CC(=O)C2S1. The summed E-state index contributed by atoms with van der Waals surface area (Å²) < 4.78 is 0. The van der Waals surface area contributed by atoms with Gasteiger partial charge < -0.3 is 5.73 Å². The van der Waals surface area contributed by atoms with E-state index in [0.29, 0.717) is 0 Å². The van der Waals surface area contributed by atoms with E-state index in [1.54, 1.807) is 6.08 Å². The topological polar surface area (TPSA) is 72.2 Å². The van der Waals surface area contributed by atoms with Crippen molar-refractivity contribution in [2.45, 2.75) is 23.1 Å². The number of nitrogens with two attached hydrogens (primary N) is 1. The maximum atomic E-state index is 11.3. The number of carbonyl (C=O) groups excluding carboxylic acids is 2. The lowest BCUT2D eigenvalue weighted by molar-refractivity contribution is -0.118. The molecule has 4 nitrogen and oxygen atoms in total. The third kappa shape index (κ3) is 1.49. The van der Waals surface area contributed by atoms with Crippen LogP contribution in [0.2, 0.25) is 0 Å². The highest BCUT2D eigenvalue weighted by atomic mass is 32.2. The summed E-state index contributed by atoms with van der Waals surface area (Å²) in [4.78, 5) is 22.2. The van der Waals surface area contributed by atoms with Crippen LogP contribution < -0.4 is 11.1 Å². The molecule has 13 heavy (non-hydrogen) atoms. The molecule has 1 saturated heterocycles. The first-order valence-electron chi connectivity index (χ1n) is 4.09. The molecule has 2 rings (SSSR count). The summed E-state index contributed by atoms with van der Waals surface area (Å²) in [6.45, 7) is 0. The van der Waals surface area contributed by atoms with E-state index in [-0.39, 0.29) is 17.1 Å². The molecule has 0 aromatic rings. The van der Waals surface area contributed by atoms with Crippen molar-refractivity contribution in [3.8, 4) is 0 Å². The molecule has 1 aliphatic carbocycles. The Morgan fingerprint density at radius 2 is 2.46 bits per heavy atom. The van der Waals surface area contributed by atoms with Crippen LogP contribution in [0.1, 0.15) is 6.42 Å². The Balaban J connectivity index is 2.13. The van der Waals surface area contributed by atoms with E-state index in [1.165, 1.54) is 11.8 Å². The molecular formula is C8H10N2O2S.